The van der Waals surface area contributed by atoms with E-state index >= 15 is 17.6 Å². The molecule has 0 fully saturated rings. The molecule has 250 valence electrons. The summed E-state index contributed by atoms with van der Waals surface area (Å²) in [5.74, 6) is -7.91. The summed E-state index contributed by atoms with van der Waals surface area (Å²) in [6, 6.07) is 13.9. The van der Waals surface area contributed by atoms with Crippen molar-refractivity contribution in [3.05, 3.63) is 136 Å². The molecule has 5 rings (SSSR count). The Balaban J connectivity index is 1.38. The minimum Gasteiger partial charge on any atom is -0.429 e. The van der Waals surface area contributed by atoms with Gasteiger partial charge in [0.1, 0.15) is 40.4 Å². The fourth-order valence-electron chi connectivity index (χ4n) is 5.16. The van der Waals surface area contributed by atoms with Crippen LogP contribution in [0.3, 0.4) is 0 Å². The summed E-state index contributed by atoms with van der Waals surface area (Å²) >= 11 is 6.08. The van der Waals surface area contributed by atoms with Crippen molar-refractivity contribution in [2.24, 2.45) is 0 Å². The molecule has 0 heterocycles. The van der Waals surface area contributed by atoms with Crippen LogP contribution in [0.2, 0.25) is 5.02 Å². The first-order chi connectivity index (χ1) is 22.6. The van der Waals surface area contributed by atoms with Crippen molar-refractivity contribution >= 4 is 11.6 Å². The van der Waals surface area contributed by atoms with E-state index in [-0.39, 0.29) is 5.56 Å². The Hall–Kier alpha value is -4.51. The topological polar surface area (TPSA) is 9.23 Å². The lowest BCUT2D eigenvalue weighted by atomic mass is 9.97. The second kappa shape index (κ2) is 13.5. The zero-order chi connectivity index (χ0) is 35.0. The maximum Gasteiger partial charge on any atom is 0.431 e. The van der Waals surface area contributed by atoms with Gasteiger partial charge in [-0.15, -0.1) is 0 Å². The summed E-state index contributed by atoms with van der Waals surface area (Å²) in [7, 11) is 0. The van der Waals surface area contributed by atoms with Crippen molar-refractivity contribution < 1.29 is 48.6 Å². The van der Waals surface area contributed by atoms with Crippen LogP contribution in [0.1, 0.15) is 36.5 Å². The van der Waals surface area contributed by atoms with Gasteiger partial charge in [-0.3, -0.25) is 0 Å². The third-order valence-electron chi connectivity index (χ3n) is 7.54. The van der Waals surface area contributed by atoms with Crippen LogP contribution in [-0.4, -0.2) is 0 Å². The van der Waals surface area contributed by atoms with Crippen LogP contribution in [0.15, 0.2) is 84.9 Å². The number of benzene rings is 5. The van der Waals surface area contributed by atoms with Crippen molar-refractivity contribution in [3.8, 4) is 39.1 Å². The van der Waals surface area contributed by atoms with Gasteiger partial charge in [-0.05, 0) is 89.2 Å². The Morgan fingerprint density at radius 1 is 0.604 bits per heavy atom. The van der Waals surface area contributed by atoms with Gasteiger partial charge in [0.25, 0.3) is 0 Å². The Bertz CT molecular complexity index is 1920. The van der Waals surface area contributed by atoms with E-state index in [4.69, 9.17) is 11.6 Å². The van der Waals surface area contributed by atoms with Crippen molar-refractivity contribution in [1.29, 1.82) is 0 Å². The Kier molecular flexibility index (Phi) is 9.82. The fraction of sp³-hybridized carbons (Fsp3) is 0.167. The van der Waals surface area contributed by atoms with Crippen LogP contribution >= 0.6 is 11.6 Å². The molecule has 1 nitrogen and oxygen atoms in total. The number of alkyl halides is 5. The van der Waals surface area contributed by atoms with Gasteiger partial charge < -0.3 is 4.74 Å². The lowest BCUT2D eigenvalue weighted by Gasteiger charge is -2.21. The molecule has 0 aliphatic carbocycles. The van der Waals surface area contributed by atoms with Crippen LogP contribution in [0.4, 0.5) is 43.9 Å². The molecule has 0 unspecified atom stereocenters. The zero-order valence-corrected chi connectivity index (χ0v) is 25.5. The van der Waals surface area contributed by atoms with E-state index in [1.54, 1.807) is 12.1 Å². The highest BCUT2D eigenvalue weighted by atomic mass is 35.5. The molecule has 0 saturated heterocycles. The number of hydrogen-bond donors (Lipinski definition) is 0. The number of aryl methyl sites for hydroxylation is 1. The number of rotatable bonds is 9. The quantitative estimate of drug-likeness (QED) is 0.139. The molecule has 0 aliphatic heterocycles. The van der Waals surface area contributed by atoms with Crippen LogP contribution in [0.5, 0.6) is 5.75 Å². The predicted octanol–water partition coefficient (Wildman–Crippen LogP) is 12.5. The first-order valence-corrected chi connectivity index (χ1v) is 14.8. The van der Waals surface area contributed by atoms with E-state index < -0.39 is 85.5 Å². The molecule has 0 amide bonds. The van der Waals surface area contributed by atoms with Gasteiger partial charge in [0.05, 0.1) is 16.1 Å². The zero-order valence-electron chi connectivity index (χ0n) is 24.8. The van der Waals surface area contributed by atoms with E-state index in [0.29, 0.717) is 42.0 Å². The van der Waals surface area contributed by atoms with Gasteiger partial charge in [0, 0.05) is 11.6 Å². The average Bonchev–Trinajstić information content (AvgIpc) is 2.98. The van der Waals surface area contributed by atoms with Crippen molar-refractivity contribution in [2.45, 2.75) is 38.5 Å². The average molecular weight is 697 g/mol. The lowest BCUT2D eigenvalue weighted by molar-refractivity contribution is -0.187. The fourth-order valence-corrected chi connectivity index (χ4v) is 5.48. The molecule has 5 aromatic carbocycles. The van der Waals surface area contributed by atoms with E-state index in [1.165, 1.54) is 0 Å². The van der Waals surface area contributed by atoms with Gasteiger partial charge >= 0.3 is 12.3 Å². The lowest BCUT2D eigenvalue weighted by Crippen LogP contribution is -2.24. The van der Waals surface area contributed by atoms with E-state index in [0.717, 1.165) is 49.1 Å². The van der Waals surface area contributed by atoms with Crippen LogP contribution < -0.4 is 4.74 Å². The molecule has 0 aliphatic rings. The largest absolute Gasteiger partial charge is 0.431 e. The summed E-state index contributed by atoms with van der Waals surface area (Å²) in [5.41, 5.74) is -3.40. The second-order valence-corrected chi connectivity index (χ2v) is 11.3. The molecule has 0 aromatic heterocycles. The van der Waals surface area contributed by atoms with Crippen molar-refractivity contribution in [3.63, 3.8) is 0 Å². The monoisotopic (exact) mass is 696 g/mol. The van der Waals surface area contributed by atoms with Crippen molar-refractivity contribution in [2.75, 3.05) is 0 Å². The Labute approximate surface area is 273 Å². The highest BCUT2D eigenvalue weighted by Gasteiger charge is 2.41. The maximum atomic E-state index is 15.2. The van der Waals surface area contributed by atoms with Crippen LogP contribution in [0, 0.1) is 29.1 Å². The molecular formula is C36H23ClF10O. The molecule has 48 heavy (non-hydrogen) atoms. The minimum atomic E-state index is -5.03. The summed E-state index contributed by atoms with van der Waals surface area (Å²) in [6.07, 6.45) is -6.57. The first kappa shape index (κ1) is 34.8. The van der Waals surface area contributed by atoms with E-state index in [1.807, 2.05) is 12.1 Å². The minimum absolute atomic E-state index is 0.239. The van der Waals surface area contributed by atoms with E-state index in [2.05, 4.69) is 11.7 Å². The summed E-state index contributed by atoms with van der Waals surface area (Å²) in [5, 5.41) is -0.652. The number of unbranched alkanes of at least 4 members (excludes halogenated alkanes) is 1. The van der Waals surface area contributed by atoms with Gasteiger partial charge in [0.15, 0.2) is 0 Å². The Morgan fingerprint density at radius 3 is 1.77 bits per heavy atom. The molecule has 5 aromatic rings. The summed E-state index contributed by atoms with van der Waals surface area (Å²) in [6.45, 7) is 2.06. The molecule has 0 radical (unpaired) electrons. The van der Waals surface area contributed by atoms with Gasteiger partial charge in [-0.2, -0.15) is 22.0 Å². The van der Waals surface area contributed by atoms with Gasteiger partial charge in [0.2, 0.25) is 0 Å². The SMILES string of the molecule is CCCCc1ccc(-c2cc(F)c(C(F)(F)Oc3ccc(-c4cc(F)c(-c5ccc(C(F)(F)F)c(F)c5)c(F)c4)c(F)c3)c(Cl)c2)cc1. The third kappa shape index (κ3) is 7.31. The van der Waals surface area contributed by atoms with E-state index in [9.17, 15) is 26.3 Å². The standard InChI is InChI=1S/C36H23ClF10O/c1-2-3-4-19-5-7-20(8-6-19)22-13-27(37)34(32(42)15-22)36(46,47)48-24-10-11-25(28(38)18-24)23-16-30(40)33(31(41)17-23)21-9-12-26(29(39)14-21)35(43,44)45/h5-18H,2-4H2,1H3. The van der Waals surface area contributed by atoms with Crippen LogP contribution in [0.25, 0.3) is 33.4 Å². The molecule has 0 spiro atoms. The molecular weight excluding hydrogens is 674 g/mol. The van der Waals surface area contributed by atoms with Crippen molar-refractivity contribution in [1.82, 2.24) is 0 Å². The Morgan fingerprint density at radius 2 is 1.21 bits per heavy atom. The van der Waals surface area contributed by atoms with Crippen LogP contribution in [-0.2, 0) is 18.7 Å². The number of halogens is 11. The molecule has 0 saturated carbocycles. The molecule has 0 N–H and O–H groups in total. The van der Waals surface area contributed by atoms with Gasteiger partial charge in [-0.1, -0.05) is 55.3 Å². The highest BCUT2D eigenvalue weighted by Crippen LogP contribution is 2.41. The number of hydrogen-bond acceptors (Lipinski definition) is 1. The highest BCUT2D eigenvalue weighted by molar-refractivity contribution is 6.31. The maximum absolute atomic E-state index is 15.2. The normalized spacial score (nSPS) is 12.0. The third-order valence-corrected chi connectivity index (χ3v) is 7.84. The molecule has 0 atom stereocenters. The number of ether oxygens (including phenoxy) is 1. The summed E-state index contributed by atoms with van der Waals surface area (Å²) in [4.78, 5) is 0. The second-order valence-electron chi connectivity index (χ2n) is 10.9. The first-order valence-electron chi connectivity index (χ1n) is 14.4. The smallest absolute Gasteiger partial charge is 0.429 e. The molecule has 12 heteroatoms. The predicted molar refractivity (Wildman–Crippen MR) is 162 cm³/mol. The van der Waals surface area contributed by atoms with Gasteiger partial charge in [-0.25, -0.2) is 22.0 Å². The summed E-state index contributed by atoms with van der Waals surface area (Å²) < 4.78 is 148. The molecule has 0 bridgehead atoms.